The minimum Gasteiger partial charge on any atom is -0.358 e. The van der Waals surface area contributed by atoms with Crippen LogP contribution in [-0.4, -0.2) is 49.1 Å². The highest BCUT2D eigenvalue weighted by molar-refractivity contribution is 5.85. The molecule has 5 heteroatoms. The SMILES string of the molecule is CCC(=O)CN(CC(=O)CC)CC(=O)NC. The first-order chi connectivity index (χ1) is 7.53. The van der Waals surface area contributed by atoms with E-state index in [4.69, 9.17) is 0 Å². The lowest BCUT2D eigenvalue weighted by atomic mass is 10.2. The van der Waals surface area contributed by atoms with Crippen molar-refractivity contribution in [1.82, 2.24) is 10.2 Å². The highest BCUT2D eigenvalue weighted by atomic mass is 16.2. The van der Waals surface area contributed by atoms with Crippen LogP contribution in [0.5, 0.6) is 0 Å². The molecular weight excluding hydrogens is 208 g/mol. The standard InChI is InChI=1S/C11H20N2O3/c1-4-9(14)6-13(7-10(15)5-2)8-11(16)12-3/h4-8H2,1-3H3,(H,12,16). The zero-order valence-electron chi connectivity index (χ0n) is 10.2. The molecule has 0 aromatic heterocycles. The number of likely N-dealkylation sites (N-methyl/N-ethyl adjacent to an activating group) is 1. The second-order valence-electron chi connectivity index (χ2n) is 3.60. The Morgan fingerprint density at radius 2 is 1.38 bits per heavy atom. The number of rotatable bonds is 8. The summed E-state index contributed by atoms with van der Waals surface area (Å²) in [5, 5.41) is 2.47. The molecule has 0 saturated heterocycles. The Labute approximate surface area is 96.2 Å². The molecule has 0 aliphatic heterocycles. The van der Waals surface area contributed by atoms with Crippen LogP contribution in [-0.2, 0) is 14.4 Å². The van der Waals surface area contributed by atoms with Crippen LogP contribution in [0.4, 0.5) is 0 Å². The molecule has 0 radical (unpaired) electrons. The number of amides is 1. The average molecular weight is 228 g/mol. The molecule has 0 saturated carbocycles. The van der Waals surface area contributed by atoms with Gasteiger partial charge in [-0.05, 0) is 0 Å². The van der Waals surface area contributed by atoms with Crippen LogP contribution in [0.2, 0.25) is 0 Å². The molecule has 1 amide bonds. The van der Waals surface area contributed by atoms with E-state index in [1.807, 2.05) is 0 Å². The molecular formula is C11H20N2O3. The topological polar surface area (TPSA) is 66.5 Å². The first kappa shape index (κ1) is 14.8. The van der Waals surface area contributed by atoms with E-state index in [1.165, 1.54) is 7.05 Å². The quantitative estimate of drug-likeness (QED) is 0.634. The Kier molecular flexibility index (Phi) is 7.37. The molecule has 0 atom stereocenters. The highest BCUT2D eigenvalue weighted by Gasteiger charge is 2.15. The Bertz CT molecular complexity index is 221. The van der Waals surface area contributed by atoms with Crippen LogP contribution < -0.4 is 5.32 Å². The zero-order chi connectivity index (χ0) is 12.6. The van der Waals surface area contributed by atoms with Crippen molar-refractivity contribution in [3.8, 4) is 0 Å². The van der Waals surface area contributed by atoms with E-state index in [2.05, 4.69) is 5.32 Å². The largest absolute Gasteiger partial charge is 0.358 e. The number of nitrogens with zero attached hydrogens (tertiary/aromatic N) is 1. The van der Waals surface area contributed by atoms with Gasteiger partial charge in [0.05, 0.1) is 19.6 Å². The number of nitrogens with one attached hydrogen (secondary N) is 1. The number of ketones is 2. The molecule has 0 rings (SSSR count). The van der Waals surface area contributed by atoms with E-state index in [0.717, 1.165) is 0 Å². The minimum atomic E-state index is -0.187. The van der Waals surface area contributed by atoms with Crippen molar-refractivity contribution in [2.24, 2.45) is 0 Å². The third-order valence-corrected chi connectivity index (χ3v) is 2.23. The molecule has 92 valence electrons. The van der Waals surface area contributed by atoms with Gasteiger partial charge in [0.1, 0.15) is 11.6 Å². The summed E-state index contributed by atoms with van der Waals surface area (Å²) < 4.78 is 0. The fourth-order valence-electron chi connectivity index (χ4n) is 1.17. The van der Waals surface area contributed by atoms with Gasteiger partial charge in [-0.25, -0.2) is 0 Å². The van der Waals surface area contributed by atoms with Gasteiger partial charge in [-0.2, -0.15) is 0 Å². The van der Waals surface area contributed by atoms with Gasteiger partial charge >= 0.3 is 0 Å². The van der Waals surface area contributed by atoms with E-state index in [0.29, 0.717) is 12.8 Å². The van der Waals surface area contributed by atoms with E-state index >= 15 is 0 Å². The second kappa shape index (κ2) is 7.98. The van der Waals surface area contributed by atoms with Crippen molar-refractivity contribution in [2.75, 3.05) is 26.7 Å². The predicted octanol–water partition coefficient (Wildman–Crippen LogP) is -0.00740. The summed E-state index contributed by atoms with van der Waals surface area (Å²) >= 11 is 0. The monoisotopic (exact) mass is 228 g/mol. The zero-order valence-corrected chi connectivity index (χ0v) is 10.2. The van der Waals surface area contributed by atoms with Gasteiger partial charge in [-0.3, -0.25) is 19.3 Å². The van der Waals surface area contributed by atoms with Gasteiger partial charge < -0.3 is 5.32 Å². The van der Waals surface area contributed by atoms with Crippen LogP contribution in [0, 0.1) is 0 Å². The minimum absolute atomic E-state index is 0.0350. The Morgan fingerprint density at radius 3 is 1.69 bits per heavy atom. The molecule has 0 heterocycles. The lowest BCUT2D eigenvalue weighted by Crippen LogP contribution is -2.41. The van der Waals surface area contributed by atoms with Gasteiger partial charge in [-0.15, -0.1) is 0 Å². The molecule has 0 fully saturated rings. The number of carbonyl (C=O) groups is 3. The highest BCUT2D eigenvalue weighted by Crippen LogP contribution is 1.94. The van der Waals surface area contributed by atoms with Gasteiger partial charge in [0.15, 0.2) is 0 Å². The maximum atomic E-state index is 11.3. The van der Waals surface area contributed by atoms with Gasteiger partial charge in [0.25, 0.3) is 0 Å². The molecule has 1 N–H and O–H groups in total. The molecule has 5 nitrogen and oxygen atoms in total. The summed E-state index contributed by atoms with van der Waals surface area (Å²) in [6.45, 7) is 3.95. The van der Waals surface area contributed by atoms with E-state index in [-0.39, 0.29) is 37.1 Å². The molecule has 0 aromatic carbocycles. The molecule has 0 aliphatic rings. The van der Waals surface area contributed by atoms with E-state index in [9.17, 15) is 14.4 Å². The van der Waals surface area contributed by atoms with Crippen molar-refractivity contribution in [3.63, 3.8) is 0 Å². The number of hydrogen-bond acceptors (Lipinski definition) is 4. The summed E-state index contributed by atoms with van der Waals surface area (Å²) in [5.74, 6) is -0.117. The van der Waals surface area contributed by atoms with Crippen molar-refractivity contribution >= 4 is 17.5 Å². The van der Waals surface area contributed by atoms with Crippen LogP contribution >= 0.6 is 0 Å². The fraction of sp³-hybridized carbons (Fsp3) is 0.727. The molecule has 0 aliphatic carbocycles. The summed E-state index contributed by atoms with van der Waals surface area (Å²) in [5.41, 5.74) is 0. The smallest absolute Gasteiger partial charge is 0.233 e. The number of Topliss-reactive ketones (excluding diaryl/α,β-unsaturated/α-hetero) is 2. The van der Waals surface area contributed by atoms with Crippen molar-refractivity contribution in [3.05, 3.63) is 0 Å². The van der Waals surface area contributed by atoms with Gasteiger partial charge in [-0.1, -0.05) is 13.8 Å². The van der Waals surface area contributed by atoms with Crippen LogP contribution in [0.25, 0.3) is 0 Å². The summed E-state index contributed by atoms with van der Waals surface area (Å²) in [7, 11) is 1.53. The maximum absolute atomic E-state index is 11.3. The third-order valence-electron chi connectivity index (χ3n) is 2.23. The first-order valence-corrected chi connectivity index (χ1v) is 5.49. The van der Waals surface area contributed by atoms with Crippen LogP contribution in [0.15, 0.2) is 0 Å². The van der Waals surface area contributed by atoms with Crippen LogP contribution in [0.3, 0.4) is 0 Å². The summed E-state index contributed by atoms with van der Waals surface area (Å²) in [6, 6.07) is 0. The molecule has 0 aromatic rings. The van der Waals surface area contributed by atoms with Gasteiger partial charge in [0, 0.05) is 19.9 Å². The molecule has 0 bridgehead atoms. The lowest BCUT2D eigenvalue weighted by Gasteiger charge is -2.19. The van der Waals surface area contributed by atoms with E-state index in [1.54, 1.807) is 18.7 Å². The summed E-state index contributed by atoms with van der Waals surface area (Å²) in [6.07, 6.45) is 0.842. The average Bonchev–Trinajstić information content (AvgIpc) is 2.28. The van der Waals surface area contributed by atoms with Crippen molar-refractivity contribution in [1.29, 1.82) is 0 Å². The lowest BCUT2D eigenvalue weighted by molar-refractivity contribution is -0.125. The molecule has 0 spiro atoms. The van der Waals surface area contributed by atoms with Gasteiger partial charge in [0.2, 0.25) is 5.91 Å². The molecule has 16 heavy (non-hydrogen) atoms. The number of hydrogen-bond donors (Lipinski definition) is 1. The predicted molar refractivity (Wildman–Crippen MR) is 61.1 cm³/mol. The maximum Gasteiger partial charge on any atom is 0.233 e. The Morgan fingerprint density at radius 1 is 0.938 bits per heavy atom. The first-order valence-electron chi connectivity index (χ1n) is 5.49. The van der Waals surface area contributed by atoms with Crippen molar-refractivity contribution < 1.29 is 14.4 Å². The van der Waals surface area contributed by atoms with Crippen molar-refractivity contribution in [2.45, 2.75) is 26.7 Å². The Hall–Kier alpha value is -1.23. The summed E-state index contributed by atoms with van der Waals surface area (Å²) in [4.78, 5) is 35.3. The molecule has 0 unspecified atom stereocenters. The Balaban J connectivity index is 4.31. The number of carbonyl (C=O) groups excluding carboxylic acids is 3. The fourth-order valence-corrected chi connectivity index (χ4v) is 1.17. The van der Waals surface area contributed by atoms with E-state index < -0.39 is 0 Å². The third kappa shape index (κ3) is 6.29. The van der Waals surface area contributed by atoms with Crippen LogP contribution in [0.1, 0.15) is 26.7 Å². The second-order valence-corrected chi connectivity index (χ2v) is 3.60. The normalized spacial score (nSPS) is 10.2.